The minimum Gasteiger partial charge on any atom is -0.304 e. The van der Waals surface area contributed by atoms with Crippen molar-refractivity contribution in [3.05, 3.63) is 52.8 Å². The lowest BCUT2D eigenvalue weighted by Gasteiger charge is -2.27. The maximum atomic E-state index is 11.4. The first kappa shape index (κ1) is 17.6. The Morgan fingerprint density at radius 2 is 2.08 bits per heavy atom. The molecule has 2 unspecified atom stereocenters. The van der Waals surface area contributed by atoms with E-state index in [2.05, 4.69) is 50.8 Å². The topological polar surface area (TPSA) is 58.1 Å². The lowest BCUT2D eigenvalue weighted by molar-refractivity contribution is 0.221. The summed E-state index contributed by atoms with van der Waals surface area (Å²) in [6.07, 6.45) is 5.31. The Kier molecular flexibility index (Phi) is 5.02. The summed E-state index contributed by atoms with van der Waals surface area (Å²) in [5.74, 6) is 0. The van der Waals surface area contributed by atoms with E-state index in [1.54, 1.807) is 23.8 Å². The van der Waals surface area contributed by atoms with Gasteiger partial charge in [0.05, 0.1) is 27.6 Å². The van der Waals surface area contributed by atoms with Gasteiger partial charge < -0.3 is 4.72 Å². The molecule has 2 aromatic heterocycles. The zero-order valence-electron chi connectivity index (χ0n) is 14.9. The van der Waals surface area contributed by atoms with Crippen LogP contribution in [-0.4, -0.2) is 38.4 Å². The lowest BCUT2D eigenvalue weighted by atomic mass is 10.1. The number of anilines is 1. The Bertz CT molecular complexity index is 956. The number of aromatic nitrogens is 2. The molecule has 0 amide bonds. The average Bonchev–Trinajstić information content (AvgIpc) is 2.99. The minimum atomic E-state index is -1.07. The Balaban J connectivity index is 1.51. The van der Waals surface area contributed by atoms with Crippen molar-refractivity contribution in [1.82, 2.24) is 14.9 Å². The van der Waals surface area contributed by atoms with E-state index in [4.69, 9.17) is 0 Å². The third-order valence-corrected chi connectivity index (χ3v) is 6.34. The Labute approximate surface area is 160 Å². The molecule has 1 N–H and O–H groups in total. The maximum absolute atomic E-state index is 11.4. The normalized spacial score (nSPS) is 17.5. The monoisotopic (exact) mass is 386 g/mol. The highest BCUT2D eigenvalue weighted by atomic mass is 32.2. The zero-order valence-corrected chi connectivity index (χ0v) is 16.6. The number of benzene rings is 1. The van der Waals surface area contributed by atoms with E-state index in [0.29, 0.717) is 6.04 Å². The van der Waals surface area contributed by atoms with Gasteiger partial charge in [0.15, 0.2) is 0 Å². The Hall–Kier alpha value is -1.83. The van der Waals surface area contributed by atoms with E-state index in [9.17, 15) is 4.21 Å². The number of hydrogen-bond donors (Lipinski definition) is 1. The van der Waals surface area contributed by atoms with E-state index in [1.165, 1.54) is 15.8 Å². The van der Waals surface area contributed by atoms with Crippen LogP contribution in [0.1, 0.15) is 29.8 Å². The van der Waals surface area contributed by atoms with Gasteiger partial charge in [0.2, 0.25) is 0 Å². The van der Waals surface area contributed by atoms with Gasteiger partial charge in [-0.3, -0.25) is 9.88 Å². The second-order valence-corrected chi connectivity index (χ2v) is 8.68. The standard InChI is InChI=1S/C19H22N4OS2/c1-13(14-3-4-19-18(10-14)21-12-25-19)23-7-5-15-9-16(22-26(2)24)11-20-17(15)6-8-23/h3-4,9-13,22H,5-8H2,1-2H3. The van der Waals surface area contributed by atoms with Crippen molar-refractivity contribution >= 4 is 38.2 Å². The van der Waals surface area contributed by atoms with Crippen molar-refractivity contribution in [2.75, 3.05) is 24.1 Å². The third kappa shape index (κ3) is 3.65. The first-order valence-electron chi connectivity index (χ1n) is 8.75. The van der Waals surface area contributed by atoms with Crippen LogP contribution in [0, 0.1) is 0 Å². The number of pyridine rings is 1. The molecule has 1 aliphatic rings. The summed E-state index contributed by atoms with van der Waals surface area (Å²) in [5.41, 5.74) is 7.54. The summed E-state index contributed by atoms with van der Waals surface area (Å²) in [7, 11) is -1.07. The molecule has 7 heteroatoms. The smallest absolute Gasteiger partial charge is 0.113 e. The van der Waals surface area contributed by atoms with Gasteiger partial charge in [-0.15, -0.1) is 11.3 Å². The number of hydrogen-bond acceptors (Lipinski definition) is 5. The first-order valence-corrected chi connectivity index (χ1v) is 11.2. The molecule has 1 aromatic carbocycles. The second-order valence-electron chi connectivity index (χ2n) is 6.68. The molecular weight excluding hydrogens is 364 g/mol. The summed E-state index contributed by atoms with van der Waals surface area (Å²) in [6.45, 7) is 4.25. The van der Waals surface area contributed by atoms with Crippen molar-refractivity contribution in [1.29, 1.82) is 0 Å². The van der Waals surface area contributed by atoms with Gasteiger partial charge in [0.25, 0.3) is 0 Å². The highest BCUT2D eigenvalue weighted by molar-refractivity contribution is 7.85. The van der Waals surface area contributed by atoms with Crippen LogP contribution in [-0.2, 0) is 23.8 Å². The molecule has 26 heavy (non-hydrogen) atoms. The third-order valence-electron chi connectivity index (χ3n) is 5.01. The average molecular weight is 387 g/mol. The van der Waals surface area contributed by atoms with Gasteiger partial charge in [-0.2, -0.15) is 0 Å². The SMILES string of the molecule is CC(c1ccc2scnc2c1)N1CCc2cc(NS(C)=O)cnc2CC1. The fraction of sp³-hybridized carbons (Fsp3) is 0.368. The number of thiazole rings is 1. The number of nitrogens with zero attached hydrogens (tertiary/aromatic N) is 3. The van der Waals surface area contributed by atoms with Gasteiger partial charge in [0, 0.05) is 37.5 Å². The first-order chi connectivity index (χ1) is 12.6. The van der Waals surface area contributed by atoms with Crippen molar-refractivity contribution in [3.63, 3.8) is 0 Å². The molecule has 3 heterocycles. The highest BCUT2D eigenvalue weighted by Gasteiger charge is 2.21. The van der Waals surface area contributed by atoms with E-state index in [1.807, 2.05) is 5.51 Å². The molecule has 0 saturated carbocycles. The summed E-state index contributed by atoms with van der Waals surface area (Å²) in [6, 6.07) is 9.05. The van der Waals surface area contributed by atoms with Crippen LogP contribution in [0.25, 0.3) is 10.2 Å². The summed E-state index contributed by atoms with van der Waals surface area (Å²) in [5, 5.41) is 0. The van der Waals surface area contributed by atoms with Gasteiger partial charge in [0.1, 0.15) is 11.0 Å². The molecule has 2 atom stereocenters. The lowest BCUT2D eigenvalue weighted by Crippen LogP contribution is -2.29. The van der Waals surface area contributed by atoms with Crippen LogP contribution >= 0.6 is 11.3 Å². The molecule has 0 aliphatic carbocycles. The van der Waals surface area contributed by atoms with E-state index in [0.717, 1.165) is 42.8 Å². The van der Waals surface area contributed by atoms with Crippen molar-refractivity contribution in [2.24, 2.45) is 0 Å². The number of nitrogens with one attached hydrogen (secondary N) is 1. The molecule has 0 saturated heterocycles. The fourth-order valence-electron chi connectivity index (χ4n) is 3.56. The zero-order chi connectivity index (χ0) is 18.1. The number of fused-ring (bicyclic) bond motifs is 2. The second kappa shape index (κ2) is 7.42. The van der Waals surface area contributed by atoms with Gasteiger partial charge in [-0.05, 0) is 42.7 Å². The molecular formula is C19H22N4OS2. The summed E-state index contributed by atoms with van der Waals surface area (Å²) < 4.78 is 15.6. The summed E-state index contributed by atoms with van der Waals surface area (Å²) in [4.78, 5) is 11.6. The minimum absolute atomic E-state index is 0.344. The van der Waals surface area contributed by atoms with Crippen LogP contribution < -0.4 is 4.72 Å². The molecule has 5 nitrogen and oxygen atoms in total. The van der Waals surface area contributed by atoms with E-state index >= 15 is 0 Å². The van der Waals surface area contributed by atoms with Gasteiger partial charge in [-0.1, -0.05) is 6.07 Å². The molecule has 0 spiro atoms. The van der Waals surface area contributed by atoms with Crippen LogP contribution in [0.3, 0.4) is 0 Å². The highest BCUT2D eigenvalue weighted by Crippen LogP contribution is 2.28. The molecule has 3 aromatic rings. The quantitative estimate of drug-likeness (QED) is 0.745. The summed E-state index contributed by atoms with van der Waals surface area (Å²) >= 11 is 1.68. The van der Waals surface area contributed by atoms with Crippen LogP contribution in [0.4, 0.5) is 5.69 Å². The van der Waals surface area contributed by atoms with Gasteiger partial charge >= 0.3 is 0 Å². The van der Waals surface area contributed by atoms with Crippen molar-refractivity contribution in [2.45, 2.75) is 25.8 Å². The van der Waals surface area contributed by atoms with Crippen molar-refractivity contribution < 1.29 is 4.21 Å². The fourth-order valence-corrected chi connectivity index (χ4v) is 4.66. The largest absolute Gasteiger partial charge is 0.304 e. The molecule has 4 rings (SSSR count). The Morgan fingerprint density at radius 1 is 1.23 bits per heavy atom. The Morgan fingerprint density at radius 3 is 2.92 bits per heavy atom. The van der Waals surface area contributed by atoms with E-state index in [-0.39, 0.29) is 0 Å². The van der Waals surface area contributed by atoms with E-state index < -0.39 is 11.0 Å². The molecule has 136 valence electrons. The van der Waals surface area contributed by atoms with Crippen molar-refractivity contribution in [3.8, 4) is 0 Å². The van der Waals surface area contributed by atoms with Crippen LogP contribution in [0.5, 0.6) is 0 Å². The molecule has 0 fully saturated rings. The maximum Gasteiger partial charge on any atom is 0.113 e. The molecule has 0 radical (unpaired) electrons. The predicted molar refractivity (Wildman–Crippen MR) is 109 cm³/mol. The van der Waals surface area contributed by atoms with Gasteiger partial charge in [-0.25, -0.2) is 9.19 Å². The number of rotatable bonds is 4. The molecule has 1 aliphatic heterocycles. The predicted octanol–water partition coefficient (Wildman–Crippen LogP) is 3.56. The van der Waals surface area contributed by atoms with Crippen LogP contribution in [0.15, 0.2) is 36.0 Å². The van der Waals surface area contributed by atoms with Crippen LogP contribution in [0.2, 0.25) is 0 Å². The molecule has 0 bridgehead atoms.